The molecule has 1 N–H and O–H groups in total. The van der Waals surface area contributed by atoms with Gasteiger partial charge in [0.1, 0.15) is 0 Å². The number of ether oxygens (including phenoxy) is 1. The summed E-state index contributed by atoms with van der Waals surface area (Å²) in [4.78, 5) is 15.7. The zero-order valence-corrected chi connectivity index (χ0v) is 11.4. The number of carbonyl (C=O) groups is 1. The minimum absolute atomic E-state index is 0.0393. The molecule has 0 atom stereocenters. The summed E-state index contributed by atoms with van der Waals surface area (Å²) in [6.45, 7) is 7.07. The summed E-state index contributed by atoms with van der Waals surface area (Å²) < 4.78 is 9.94. The summed E-state index contributed by atoms with van der Waals surface area (Å²) in [6.07, 6.45) is 0.803. The second-order valence-electron chi connectivity index (χ2n) is 5.10. The average Bonchev–Trinajstić information content (AvgIpc) is 2.75. The van der Waals surface area contributed by atoms with E-state index >= 15 is 0 Å². The summed E-state index contributed by atoms with van der Waals surface area (Å²) in [5.74, 6) is 1.13. The van der Waals surface area contributed by atoms with Crippen molar-refractivity contribution in [1.29, 1.82) is 0 Å². The number of hydrogen-bond donors (Lipinski definition) is 1. The predicted molar refractivity (Wildman–Crippen MR) is 66.2 cm³/mol. The van der Waals surface area contributed by atoms with Crippen LogP contribution in [0.2, 0.25) is 0 Å². The van der Waals surface area contributed by atoms with Crippen LogP contribution in [-0.2, 0) is 21.4 Å². The molecule has 6 heteroatoms. The maximum atomic E-state index is 11.4. The Morgan fingerprint density at radius 2 is 2.17 bits per heavy atom. The maximum Gasteiger partial charge on any atom is 0.227 e. The van der Waals surface area contributed by atoms with Crippen LogP contribution in [0.25, 0.3) is 0 Å². The lowest BCUT2D eigenvalue weighted by Crippen LogP contribution is -2.27. The quantitative estimate of drug-likeness (QED) is 0.769. The number of nitrogens with one attached hydrogen (secondary N) is 1. The van der Waals surface area contributed by atoms with Gasteiger partial charge in [0, 0.05) is 31.9 Å². The Balaban J connectivity index is 2.35. The van der Waals surface area contributed by atoms with Gasteiger partial charge in [0.25, 0.3) is 0 Å². The van der Waals surface area contributed by atoms with Crippen LogP contribution in [0.4, 0.5) is 0 Å². The molecular weight excluding hydrogens is 234 g/mol. The third-order valence-electron chi connectivity index (χ3n) is 2.33. The van der Waals surface area contributed by atoms with E-state index in [9.17, 15) is 4.79 Å². The molecule has 0 aliphatic rings. The van der Waals surface area contributed by atoms with E-state index in [0.717, 1.165) is 0 Å². The van der Waals surface area contributed by atoms with Crippen LogP contribution in [0.1, 0.15) is 38.9 Å². The molecule has 1 amide bonds. The van der Waals surface area contributed by atoms with Gasteiger partial charge in [-0.05, 0) is 0 Å². The molecule has 1 heterocycles. The molecule has 102 valence electrons. The third-order valence-corrected chi connectivity index (χ3v) is 2.33. The molecule has 0 saturated heterocycles. The largest absolute Gasteiger partial charge is 0.383 e. The normalized spacial score (nSPS) is 11.6. The maximum absolute atomic E-state index is 11.4. The molecule has 0 bridgehead atoms. The summed E-state index contributed by atoms with van der Waals surface area (Å²) in [6, 6.07) is 0. The molecule has 18 heavy (non-hydrogen) atoms. The van der Waals surface area contributed by atoms with Gasteiger partial charge in [0.15, 0.2) is 5.82 Å². The Kier molecular flexibility index (Phi) is 5.27. The van der Waals surface area contributed by atoms with Crippen LogP contribution < -0.4 is 5.32 Å². The lowest BCUT2D eigenvalue weighted by atomic mass is 9.96. The minimum atomic E-state index is -0.136. The van der Waals surface area contributed by atoms with Gasteiger partial charge in [-0.15, -0.1) is 0 Å². The van der Waals surface area contributed by atoms with Crippen molar-refractivity contribution in [3.05, 3.63) is 11.7 Å². The minimum Gasteiger partial charge on any atom is -0.383 e. The van der Waals surface area contributed by atoms with Crippen molar-refractivity contribution < 1.29 is 14.1 Å². The van der Waals surface area contributed by atoms with Crippen molar-refractivity contribution in [2.24, 2.45) is 0 Å². The number of rotatable bonds is 6. The second-order valence-corrected chi connectivity index (χ2v) is 5.10. The fourth-order valence-electron chi connectivity index (χ4n) is 1.26. The highest BCUT2D eigenvalue weighted by molar-refractivity contribution is 5.75. The molecule has 0 radical (unpaired) electrons. The van der Waals surface area contributed by atoms with Crippen molar-refractivity contribution in [3.8, 4) is 0 Å². The molecular formula is C12H21N3O3. The molecule has 1 aromatic rings. The first-order chi connectivity index (χ1) is 8.43. The van der Waals surface area contributed by atoms with Crippen LogP contribution in [0, 0.1) is 0 Å². The molecule has 0 aliphatic carbocycles. The van der Waals surface area contributed by atoms with Crippen molar-refractivity contribution in [2.45, 2.75) is 39.0 Å². The van der Waals surface area contributed by atoms with Crippen LogP contribution in [0.15, 0.2) is 4.52 Å². The molecule has 0 saturated carbocycles. The summed E-state index contributed by atoms with van der Waals surface area (Å²) >= 11 is 0. The highest BCUT2D eigenvalue weighted by Gasteiger charge is 2.20. The van der Waals surface area contributed by atoms with Gasteiger partial charge in [0.2, 0.25) is 11.8 Å². The predicted octanol–water partition coefficient (Wildman–Crippen LogP) is 1.06. The average molecular weight is 255 g/mol. The van der Waals surface area contributed by atoms with Gasteiger partial charge in [-0.25, -0.2) is 0 Å². The molecule has 0 fully saturated rings. The van der Waals surface area contributed by atoms with E-state index in [1.807, 2.05) is 20.8 Å². The first kappa shape index (κ1) is 14.6. The number of nitrogens with zero attached hydrogens (tertiary/aromatic N) is 2. The first-order valence-corrected chi connectivity index (χ1v) is 6.02. The standard InChI is InChI=1S/C12H21N3O3/c1-12(2,3)11-14-10(18-15-11)6-5-9(16)13-7-8-17-4/h5-8H2,1-4H3,(H,13,16). The van der Waals surface area contributed by atoms with E-state index in [1.165, 1.54) is 0 Å². The van der Waals surface area contributed by atoms with Crippen LogP contribution in [0.5, 0.6) is 0 Å². The fourth-order valence-corrected chi connectivity index (χ4v) is 1.26. The Morgan fingerprint density at radius 1 is 1.44 bits per heavy atom. The zero-order chi connectivity index (χ0) is 13.6. The van der Waals surface area contributed by atoms with Crippen molar-refractivity contribution in [1.82, 2.24) is 15.5 Å². The third kappa shape index (κ3) is 4.83. The summed E-state index contributed by atoms with van der Waals surface area (Å²) in [5, 5.41) is 6.64. The molecule has 1 rings (SSSR count). The Bertz CT molecular complexity index is 382. The van der Waals surface area contributed by atoms with E-state index in [1.54, 1.807) is 7.11 Å². The van der Waals surface area contributed by atoms with Crippen LogP contribution in [-0.4, -0.2) is 36.3 Å². The lowest BCUT2D eigenvalue weighted by molar-refractivity contribution is -0.121. The number of methoxy groups -OCH3 is 1. The molecule has 6 nitrogen and oxygen atoms in total. The second kappa shape index (κ2) is 6.49. The molecule has 0 spiro atoms. The summed E-state index contributed by atoms with van der Waals surface area (Å²) in [5.41, 5.74) is -0.136. The molecule has 1 aromatic heterocycles. The van der Waals surface area contributed by atoms with Gasteiger partial charge < -0.3 is 14.6 Å². The lowest BCUT2D eigenvalue weighted by Gasteiger charge is -2.10. The van der Waals surface area contributed by atoms with Crippen molar-refractivity contribution in [2.75, 3.05) is 20.3 Å². The number of aryl methyl sites for hydroxylation is 1. The fraction of sp³-hybridized carbons (Fsp3) is 0.750. The highest BCUT2D eigenvalue weighted by atomic mass is 16.5. The number of carbonyl (C=O) groups excluding carboxylic acids is 1. The van der Waals surface area contributed by atoms with Crippen LogP contribution >= 0.6 is 0 Å². The van der Waals surface area contributed by atoms with Gasteiger partial charge in [-0.1, -0.05) is 25.9 Å². The number of hydrogen-bond acceptors (Lipinski definition) is 5. The van der Waals surface area contributed by atoms with Gasteiger partial charge in [-0.2, -0.15) is 4.98 Å². The van der Waals surface area contributed by atoms with Crippen LogP contribution in [0.3, 0.4) is 0 Å². The Hall–Kier alpha value is -1.43. The topological polar surface area (TPSA) is 77.2 Å². The van der Waals surface area contributed by atoms with E-state index in [-0.39, 0.29) is 11.3 Å². The van der Waals surface area contributed by atoms with E-state index in [0.29, 0.717) is 37.7 Å². The van der Waals surface area contributed by atoms with Gasteiger partial charge in [0.05, 0.1) is 6.61 Å². The Morgan fingerprint density at radius 3 is 2.72 bits per heavy atom. The monoisotopic (exact) mass is 255 g/mol. The summed E-state index contributed by atoms with van der Waals surface area (Å²) in [7, 11) is 1.60. The molecule has 0 aromatic carbocycles. The van der Waals surface area contributed by atoms with E-state index < -0.39 is 0 Å². The highest BCUT2D eigenvalue weighted by Crippen LogP contribution is 2.18. The Labute approximate surface area is 107 Å². The van der Waals surface area contributed by atoms with E-state index in [2.05, 4.69) is 15.5 Å². The molecule has 0 aliphatic heterocycles. The number of aromatic nitrogens is 2. The molecule has 0 unspecified atom stereocenters. The van der Waals surface area contributed by atoms with Crippen molar-refractivity contribution in [3.63, 3.8) is 0 Å². The zero-order valence-electron chi connectivity index (χ0n) is 11.4. The number of amides is 1. The first-order valence-electron chi connectivity index (χ1n) is 6.02. The van der Waals surface area contributed by atoms with E-state index in [4.69, 9.17) is 9.26 Å². The van der Waals surface area contributed by atoms with Crippen molar-refractivity contribution >= 4 is 5.91 Å². The van der Waals surface area contributed by atoms with Gasteiger partial charge in [-0.3, -0.25) is 4.79 Å². The smallest absolute Gasteiger partial charge is 0.227 e. The SMILES string of the molecule is COCCNC(=O)CCc1nc(C(C)(C)C)no1. The van der Waals surface area contributed by atoms with Gasteiger partial charge >= 0.3 is 0 Å².